The van der Waals surface area contributed by atoms with Crippen LogP contribution in [0, 0.1) is 0 Å². The topological polar surface area (TPSA) is 3.24 Å². The third-order valence-electron chi connectivity index (χ3n) is 8.86. The molecule has 0 atom stereocenters. The summed E-state index contributed by atoms with van der Waals surface area (Å²) in [6.45, 7) is 31.7. The standard InChI is InChI=1S/C40H58NP/c1-27(2)32-26-33(28(3)4)37(35(29(5)6)36(32)30-20-15-13-16-21-30)31-22-19-23-34(41-24-17-14-18-25-41)38(31)42(39(7,8)9)40(10,11)12/h13,15-16,19-23,26-29H,14,17-18,24-25H2,1-12H3. The third-order valence-corrected chi connectivity index (χ3v) is 12.5. The van der Waals surface area contributed by atoms with Crippen molar-refractivity contribution in [1.82, 2.24) is 0 Å². The van der Waals surface area contributed by atoms with Crippen molar-refractivity contribution >= 4 is 18.9 Å². The van der Waals surface area contributed by atoms with Gasteiger partial charge in [-0.15, -0.1) is 0 Å². The molecule has 1 fully saturated rings. The van der Waals surface area contributed by atoms with Gasteiger partial charge in [0.25, 0.3) is 0 Å². The molecule has 0 aliphatic carbocycles. The van der Waals surface area contributed by atoms with Crippen molar-refractivity contribution < 1.29 is 0 Å². The van der Waals surface area contributed by atoms with E-state index >= 15 is 0 Å². The Labute approximate surface area is 260 Å². The van der Waals surface area contributed by atoms with Crippen LogP contribution >= 0.6 is 7.92 Å². The van der Waals surface area contributed by atoms with Gasteiger partial charge < -0.3 is 4.90 Å². The van der Waals surface area contributed by atoms with E-state index in [1.807, 2.05) is 0 Å². The van der Waals surface area contributed by atoms with Crippen LogP contribution in [0.1, 0.15) is 137 Å². The number of anilines is 1. The van der Waals surface area contributed by atoms with Crippen molar-refractivity contribution in [2.24, 2.45) is 0 Å². The molecule has 0 unspecified atom stereocenters. The lowest BCUT2D eigenvalue weighted by atomic mass is 9.76. The van der Waals surface area contributed by atoms with Crippen molar-refractivity contribution in [3.8, 4) is 22.3 Å². The van der Waals surface area contributed by atoms with E-state index in [0.29, 0.717) is 17.8 Å². The largest absolute Gasteiger partial charge is 0.371 e. The van der Waals surface area contributed by atoms with Gasteiger partial charge in [-0.25, -0.2) is 0 Å². The Morgan fingerprint density at radius 1 is 0.619 bits per heavy atom. The number of nitrogens with zero attached hydrogens (tertiary/aromatic N) is 1. The fourth-order valence-corrected chi connectivity index (χ4v) is 11.7. The summed E-state index contributed by atoms with van der Waals surface area (Å²) < 4.78 is 0. The van der Waals surface area contributed by atoms with E-state index in [-0.39, 0.29) is 10.3 Å². The highest BCUT2D eigenvalue weighted by molar-refractivity contribution is 7.69. The van der Waals surface area contributed by atoms with Crippen molar-refractivity contribution in [3.05, 3.63) is 71.3 Å². The summed E-state index contributed by atoms with van der Waals surface area (Å²) in [5.41, 5.74) is 11.9. The SMILES string of the molecule is CC(C)c1cc(C(C)C)c(-c2cccc(N3CCCCC3)c2P(C(C)(C)C)C(C)(C)C)c(C(C)C)c1-c1ccccc1. The maximum atomic E-state index is 2.74. The fraction of sp³-hybridized carbons (Fsp3) is 0.550. The first kappa shape index (κ1) is 32.8. The third kappa shape index (κ3) is 6.68. The second-order valence-corrected chi connectivity index (χ2v) is 19.2. The minimum atomic E-state index is -0.517. The molecule has 4 rings (SSSR count). The van der Waals surface area contributed by atoms with Crippen LogP contribution in [0.3, 0.4) is 0 Å². The second-order valence-electron chi connectivity index (χ2n) is 15.4. The molecule has 2 heteroatoms. The highest BCUT2D eigenvalue weighted by atomic mass is 31.1. The monoisotopic (exact) mass is 583 g/mol. The zero-order chi connectivity index (χ0) is 31.0. The van der Waals surface area contributed by atoms with Crippen LogP contribution in [0.2, 0.25) is 0 Å². The molecule has 1 aliphatic heterocycles. The predicted molar refractivity (Wildman–Crippen MR) is 192 cm³/mol. The first-order valence-corrected chi connectivity index (χ1v) is 17.9. The van der Waals surface area contributed by atoms with Crippen LogP contribution in [-0.2, 0) is 0 Å². The molecule has 0 saturated carbocycles. The quantitative estimate of drug-likeness (QED) is 0.250. The molecule has 3 aromatic carbocycles. The Balaban J connectivity index is 2.24. The Kier molecular flexibility index (Phi) is 10.0. The van der Waals surface area contributed by atoms with Gasteiger partial charge in [0.1, 0.15) is 0 Å². The first-order chi connectivity index (χ1) is 19.6. The average molecular weight is 584 g/mol. The molecule has 1 saturated heterocycles. The summed E-state index contributed by atoms with van der Waals surface area (Å²) in [5, 5.41) is 1.98. The Morgan fingerprint density at radius 2 is 1.17 bits per heavy atom. The highest BCUT2D eigenvalue weighted by Crippen LogP contribution is 2.62. The van der Waals surface area contributed by atoms with Crippen LogP contribution in [-0.4, -0.2) is 23.4 Å². The van der Waals surface area contributed by atoms with Crippen molar-refractivity contribution in [2.75, 3.05) is 18.0 Å². The minimum absolute atomic E-state index is 0.171. The van der Waals surface area contributed by atoms with Gasteiger partial charge >= 0.3 is 0 Å². The van der Waals surface area contributed by atoms with Crippen LogP contribution in [0.5, 0.6) is 0 Å². The Bertz CT molecular complexity index is 1330. The molecule has 0 N–H and O–H groups in total. The molecule has 0 spiro atoms. The number of benzene rings is 3. The molecule has 1 aliphatic rings. The van der Waals surface area contributed by atoms with E-state index in [9.17, 15) is 0 Å². The summed E-state index contributed by atoms with van der Waals surface area (Å²) >= 11 is 0. The molecule has 3 aromatic rings. The smallest absolute Gasteiger partial charge is 0.0450 e. The molecule has 0 bridgehead atoms. The van der Waals surface area contributed by atoms with Gasteiger partial charge in [0.2, 0.25) is 0 Å². The molecule has 1 heterocycles. The lowest BCUT2D eigenvalue weighted by molar-refractivity contribution is 0.578. The van der Waals surface area contributed by atoms with E-state index in [2.05, 4.69) is 143 Å². The van der Waals surface area contributed by atoms with Crippen LogP contribution < -0.4 is 10.2 Å². The van der Waals surface area contributed by atoms with Gasteiger partial charge in [0.05, 0.1) is 0 Å². The maximum absolute atomic E-state index is 2.74. The molecule has 0 aromatic heterocycles. The molecule has 228 valence electrons. The van der Waals surface area contributed by atoms with Crippen LogP contribution in [0.25, 0.3) is 22.3 Å². The Hall–Kier alpha value is -2.11. The van der Waals surface area contributed by atoms with E-state index in [0.717, 1.165) is 0 Å². The zero-order valence-electron chi connectivity index (χ0n) is 28.9. The summed E-state index contributed by atoms with van der Waals surface area (Å²) in [6.07, 6.45) is 3.94. The highest BCUT2D eigenvalue weighted by Gasteiger charge is 2.40. The van der Waals surface area contributed by atoms with Gasteiger partial charge in [-0.3, -0.25) is 0 Å². The van der Waals surface area contributed by atoms with Gasteiger partial charge in [-0.2, -0.15) is 0 Å². The molecular weight excluding hydrogens is 525 g/mol. The number of piperidine rings is 1. The zero-order valence-corrected chi connectivity index (χ0v) is 29.8. The normalized spacial score (nSPS) is 15.0. The summed E-state index contributed by atoms with van der Waals surface area (Å²) in [7, 11) is -0.517. The van der Waals surface area contributed by atoms with Gasteiger partial charge in [-0.1, -0.05) is 140 Å². The van der Waals surface area contributed by atoms with Crippen molar-refractivity contribution in [1.29, 1.82) is 0 Å². The van der Waals surface area contributed by atoms with Crippen LogP contribution in [0.15, 0.2) is 54.6 Å². The number of rotatable bonds is 7. The average Bonchev–Trinajstić information content (AvgIpc) is 2.91. The lowest BCUT2D eigenvalue weighted by Gasteiger charge is -2.45. The van der Waals surface area contributed by atoms with Gasteiger partial charge in [0.15, 0.2) is 0 Å². The van der Waals surface area contributed by atoms with Crippen LogP contribution in [0.4, 0.5) is 5.69 Å². The van der Waals surface area contributed by atoms with E-state index in [1.165, 1.54) is 77.0 Å². The first-order valence-electron chi connectivity index (χ1n) is 16.6. The minimum Gasteiger partial charge on any atom is -0.371 e. The molecule has 42 heavy (non-hydrogen) atoms. The molecule has 0 amide bonds. The second kappa shape index (κ2) is 12.9. The van der Waals surface area contributed by atoms with Crippen molar-refractivity contribution in [2.45, 2.75) is 130 Å². The van der Waals surface area contributed by atoms with Gasteiger partial charge in [-0.05, 0) is 92.3 Å². The van der Waals surface area contributed by atoms with E-state index in [4.69, 9.17) is 0 Å². The summed E-state index contributed by atoms with van der Waals surface area (Å²) in [5.74, 6) is 1.28. The lowest BCUT2D eigenvalue weighted by Crippen LogP contribution is -2.38. The molecule has 0 radical (unpaired) electrons. The Morgan fingerprint density at radius 3 is 1.67 bits per heavy atom. The maximum Gasteiger partial charge on any atom is 0.0450 e. The number of hydrogen-bond acceptors (Lipinski definition) is 1. The number of hydrogen-bond donors (Lipinski definition) is 0. The van der Waals surface area contributed by atoms with Crippen molar-refractivity contribution in [3.63, 3.8) is 0 Å². The van der Waals surface area contributed by atoms with E-state index in [1.54, 1.807) is 5.30 Å². The summed E-state index contributed by atoms with van der Waals surface area (Å²) in [4.78, 5) is 2.74. The summed E-state index contributed by atoms with van der Waals surface area (Å²) in [6, 6.07) is 21.1. The predicted octanol–water partition coefficient (Wildman–Crippen LogP) is 12.1. The van der Waals surface area contributed by atoms with E-state index < -0.39 is 7.92 Å². The molecule has 1 nitrogen and oxygen atoms in total. The molecular formula is C40H58NP. The van der Waals surface area contributed by atoms with Gasteiger partial charge in [0, 0.05) is 24.1 Å². The fourth-order valence-electron chi connectivity index (χ4n) is 7.50.